The molecular weight excluding hydrogens is 175 g/mol. The van der Waals surface area contributed by atoms with Crippen LogP contribution >= 0.6 is 0 Å². The molecule has 0 saturated heterocycles. The molecule has 0 saturated carbocycles. The van der Waals surface area contributed by atoms with E-state index in [9.17, 15) is 9.59 Å². The number of carbonyl (C=O) groups excluding carboxylic acids is 2. The van der Waals surface area contributed by atoms with Crippen LogP contribution in [0.25, 0.3) is 0 Å². The van der Waals surface area contributed by atoms with Gasteiger partial charge < -0.3 is 9.47 Å². The Morgan fingerprint density at radius 1 is 1.27 bits per heavy atom. The fraction of sp³-hybridized carbons (Fsp3) is 0.667. The quantitative estimate of drug-likeness (QED) is 0.339. The molecule has 0 fully saturated rings. The van der Waals surface area contributed by atoms with Crippen LogP contribution in [-0.2, 0) is 14.3 Å². The molecule has 0 aliphatic rings. The molecule has 0 aliphatic heterocycles. The van der Waals surface area contributed by atoms with E-state index in [0.29, 0.717) is 0 Å². The Labute approximate surface area is 108 Å². The Morgan fingerprint density at radius 2 is 1.73 bits per heavy atom. The van der Waals surface area contributed by atoms with Crippen molar-refractivity contribution >= 4 is 63.5 Å². The number of hydrogen-bond acceptors (Lipinski definition) is 4. The number of rotatable bonds is 1. The summed E-state index contributed by atoms with van der Waals surface area (Å²) in [6, 6.07) is 0. The Hall–Kier alpha value is 0.576. The predicted octanol–water partition coefficient (Wildman–Crippen LogP) is 0.446. The first-order valence-corrected chi connectivity index (χ1v) is 2.91. The monoisotopic (exact) mass is 186 g/mol. The van der Waals surface area contributed by atoms with Gasteiger partial charge in [0.25, 0.3) is 0 Å². The van der Waals surface area contributed by atoms with E-state index in [4.69, 9.17) is 0 Å². The number of ether oxygens (including phenoxy) is 2. The maximum atomic E-state index is 10.4. The van der Waals surface area contributed by atoms with E-state index in [1.807, 2.05) is 0 Å². The molecule has 0 rings (SSSR count). The predicted molar refractivity (Wildman–Crippen MR) is 40.5 cm³/mol. The zero-order valence-corrected chi connectivity index (χ0v) is 6.21. The van der Waals surface area contributed by atoms with Gasteiger partial charge in [-0.2, -0.15) is 0 Å². The van der Waals surface area contributed by atoms with Crippen molar-refractivity contribution in [3.63, 3.8) is 0 Å². The van der Waals surface area contributed by atoms with Gasteiger partial charge in [0.2, 0.25) is 0 Å². The summed E-state index contributed by atoms with van der Waals surface area (Å²) in [7, 11) is 0. The third-order valence-corrected chi connectivity index (χ3v) is 0.559. The van der Waals surface area contributed by atoms with Crippen LogP contribution in [0.2, 0.25) is 0 Å². The van der Waals surface area contributed by atoms with Gasteiger partial charge in [0, 0.05) is 6.92 Å². The van der Waals surface area contributed by atoms with Gasteiger partial charge in [-0.25, -0.2) is 4.79 Å². The second kappa shape index (κ2) is 7.24. The van der Waals surface area contributed by atoms with Crippen LogP contribution in [0.15, 0.2) is 0 Å². The van der Waals surface area contributed by atoms with Gasteiger partial charge in [-0.05, 0) is 13.8 Å². The molecule has 5 heteroatoms. The van der Waals surface area contributed by atoms with Crippen LogP contribution < -0.4 is 0 Å². The van der Waals surface area contributed by atoms with Gasteiger partial charge in [0.15, 0.2) is 0 Å². The van der Waals surface area contributed by atoms with Crippen LogP contribution in [0.4, 0.5) is 4.79 Å². The fourth-order valence-corrected chi connectivity index (χ4v) is 0.334. The first-order valence-electron chi connectivity index (χ1n) is 2.91. The van der Waals surface area contributed by atoms with Gasteiger partial charge in [0.1, 0.15) is 0 Å². The van der Waals surface area contributed by atoms with Crippen LogP contribution in [0, 0.1) is 0 Å². The summed E-state index contributed by atoms with van der Waals surface area (Å²) >= 11 is 0. The molecule has 4 nitrogen and oxygen atoms in total. The van der Waals surface area contributed by atoms with E-state index in [-0.39, 0.29) is 57.5 Å². The van der Waals surface area contributed by atoms with Crippen LogP contribution in [0.5, 0.6) is 0 Å². The summed E-state index contributed by atoms with van der Waals surface area (Å²) < 4.78 is 8.54. The van der Waals surface area contributed by atoms with Crippen molar-refractivity contribution in [3.05, 3.63) is 0 Å². The molecule has 0 aromatic carbocycles. The van der Waals surface area contributed by atoms with Crippen LogP contribution in [-0.4, -0.2) is 69.6 Å². The van der Waals surface area contributed by atoms with Crippen LogP contribution in [0.1, 0.15) is 20.8 Å². The summed E-state index contributed by atoms with van der Waals surface area (Å²) in [5, 5.41) is 0. The van der Waals surface area contributed by atoms with Crippen molar-refractivity contribution in [1.29, 1.82) is 0 Å². The Balaban J connectivity index is 0. The zero-order chi connectivity index (χ0) is 8.15. The number of esters is 1. The molecule has 0 radical (unpaired) electrons. The van der Waals surface area contributed by atoms with E-state index in [1.54, 1.807) is 13.8 Å². The van der Waals surface area contributed by atoms with Crippen molar-refractivity contribution in [2.75, 3.05) is 0 Å². The standard InChI is InChI=1S/C6H10O4.K.H/c1-4(2)9-6(8)10-5(3)7;;/h4H,1-3H3;;. The SMILES string of the molecule is CC(=O)OC(=O)OC(C)C.[KH]. The van der Waals surface area contributed by atoms with Crippen molar-refractivity contribution < 1.29 is 19.1 Å². The minimum absolute atomic E-state index is 0. The molecule has 0 atom stereocenters. The van der Waals surface area contributed by atoms with Gasteiger partial charge >= 0.3 is 63.5 Å². The summed E-state index contributed by atoms with van der Waals surface area (Å²) in [5.74, 6) is -0.661. The molecule has 0 aromatic heterocycles. The minimum atomic E-state index is -0.942. The summed E-state index contributed by atoms with van der Waals surface area (Å²) in [6.07, 6.45) is -1.20. The fourth-order valence-electron chi connectivity index (χ4n) is 0.334. The van der Waals surface area contributed by atoms with Crippen molar-refractivity contribution in [1.82, 2.24) is 0 Å². The van der Waals surface area contributed by atoms with Gasteiger partial charge in [-0.1, -0.05) is 0 Å². The number of hydrogen-bond donors (Lipinski definition) is 0. The molecule has 0 amide bonds. The molecule has 0 unspecified atom stereocenters. The second-order valence-corrected chi connectivity index (χ2v) is 2.01. The molecular formula is C6H11KO4. The average molecular weight is 186 g/mol. The Morgan fingerprint density at radius 3 is 2.00 bits per heavy atom. The molecule has 0 aliphatic carbocycles. The molecule has 0 heterocycles. The topological polar surface area (TPSA) is 52.6 Å². The first kappa shape index (κ1) is 14.1. The summed E-state index contributed by atoms with van der Waals surface area (Å²) in [4.78, 5) is 20.5. The molecule has 0 N–H and O–H groups in total. The Kier molecular flexibility index (Phi) is 9.29. The molecule has 0 aromatic rings. The van der Waals surface area contributed by atoms with E-state index in [1.165, 1.54) is 0 Å². The van der Waals surface area contributed by atoms with Crippen LogP contribution in [0.3, 0.4) is 0 Å². The van der Waals surface area contributed by atoms with E-state index in [0.717, 1.165) is 6.92 Å². The molecule has 0 bridgehead atoms. The van der Waals surface area contributed by atoms with Crippen molar-refractivity contribution in [2.45, 2.75) is 26.9 Å². The van der Waals surface area contributed by atoms with E-state index < -0.39 is 12.1 Å². The average Bonchev–Trinajstić information content (AvgIpc) is 1.58. The van der Waals surface area contributed by atoms with Gasteiger partial charge in [-0.3, -0.25) is 4.79 Å². The molecule has 11 heavy (non-hydrogen) atoms. The third-order valence-electron chi connectivity index (χ3n) is 0.559. The summed E-state index contributed by atoms with van der Waals surface area (Å²) in [6.45, 7) is 4.48. The number of carbonyl (C=O) groups is 2. The summed E-state index contributed by atoms with van der Waals surface area (Å²) in [5.41, 5.74) is 0. The van der Waals surface area contributed by atoms with Crippen molar-refractivity contribution in [3.8, 4) is 0 Å². The van der Waals surface area contributed by atoms with Crippen molar-refractivity contribution in [2.24, 2.45) is 0 Å². The zero-order valence-electron chi connectivity index (χ0n) is 6.21. The van der Waals surface area contributed by atoms with Gasteiger partial charge in [-0.15, -0.1) is 0 Å². The van der Waals surface area contributed by atoms with E-state index >= 15 is 0 Å². The van der Waals surface area contributed by atoms with Gasteiger partial charge in [0.05, 0.1) is 6.10 Å². The molecule has 0 spiro atoms. The van der Waals surface area contributed by atoms with E-state index in [2.05, 4.69) is 9.47 Å². The maximum absolute atomic E-state index is 10.4. The normalized spacial score (nSPS) is 8.36. The first-order chi connectivity index (χ1) is 4.52. The Bertz CT molecular complexity index is 144. The third kappa shape index (κ3) is 10.6. The molecule has 60 valence electrons. The second-order valence-electron chi connectivity index (χ2n) is 2.01.